The molecule has 92 valence electrons. The lowest BCUT2D eigenvalue weighted by molar-refractivity contribution is -0.168. The van der Waals surface area contributed by atoms with Gasteiger partial charge in [-0.05, 0) is 38.9 Å². The molecule has 0 saturated carbocycles. The van der Waals surface area contributed by atoms with Gasteiger partial charge >= 0.3 is 11.9 Å². The van der Waals surface area contributed by atoms with E-state index in [-0.39, 0.29) is 12.8 Å². The zero-order valence-electron chi connectivity index (χ0n) is 9.61. The van der Waals surface area contributed by atoms with E-state index in [1.807, 2.05) is 0 Å². The highest BCUT2D eigenvalue weighted by Gasteiger charge is 2.48. The molecule has 1 fully saturated rings. The van der Waals surface area contributed by atoms with Crippen molar-refractivity contribution >= 4 is 11.9 Å². The topological polar surface area (TPSA) is 77.8 Å². The molecule has 0 aliphatic carbocycles. The number of likely N-dealkylation sites (tertiary alicyclic amines) is 1. The molecular formula is C11H19NO4. The van der Waals surface area contributed by atoms with Crippen LogP contribution in [-0.4, -0.2) is 46.7 Å². The summed E-state index contributed by atoms with van der Waals surface area (Å²) in [6.07, 6.45) is 2.59. The van der Waals surface area contributed by atoms with Gasteiger partial charge in [0.1, 0.15) is 0 Å². The number of carboxylic acids is 2. The van der Waals surface area contributed by atoms with Crippen molar-refractivity contribution in [3.05, 3.63) is 0 Å². The maximum atomic E-state index is 11.0. The van der Waals surface area contributed by atoms with Crippen LogP contribution in [0.2, 0.25) is 0 Å². The lowest BCUT2D eigenvalue weighted by Gasteiger charge is -2.35. The first kappa shape index (κ1) is 13.0. The fourth-order valence-electron chi connectivity index (χ4n) is 2.06. The van der Waals surface area contributed by atoms with Crippen molar-refractivity contribution in [1.82, 2.24) is 4.90 Å². The Balaban J connectivity index is 2.57. The van der Waals surface area contributed by atoms with Crippen molar-refractivity contribution in [1.29, 1.82) is 0 Å². The van der Waals surface area contributed by atoms with E-state index in [0.717, 1.165) is 19.4 Å². The summed E-state index contributed by atoms with van der Waals surface area (Å²) in [6.45, 7) is 4.17. The van der Waals surface area contributed by atoms with Crippen molar-refractivity contribution < 1.29 is 19.8 Å². The molecule has 0 radical (unpaired) electrons. The molecule has 0 unspecified atom stereocenters. The summed E-state index contributed by atoms with van der Waals surface area (Å²) in [5, 5.41) is 18.0. The number of carboxylic acid groups (broad SMARTS) is 2. The quantitative estimate of drug-likeness (QED) is 0.689. The van der Waals surface area contributed by atoms with Gasteiger partial charge in [-0.3, -0.25) is 9.59 Å². The number of aliphatic carboxylic acids is 2. The van der Waals surface area contributed by atoms with E-state index in [1.165, 1.54) is 0 Å². The number of carbonyl (C=O) groups is 2. The van der Waals surface area contributed by atoms with Gasteiger partial charge < -0.3 is 15.1 Å². The van der Waals surface area contributed by atoms with Crippen LogP contribution in [0.5, 0.6) is 0 Å². The number of hydrogen-bond acceptors (Lipinski definition) is 3. The van der Waals surface area contributed by atoms with Crippen molar-refractivity contribution in [2.24, 2.45) is 5.41 Å². The fourth-order valence-corrected chi connectivity index (χ4v) is 2.06. The minimum absolute atomic E-state index is 0.210. The Labute approximate surface area is 95.1 Å². The molecule has 0 aromatic carbocycles. The average Bonchev–Trinajstić information content (AvgIpc) is 2.26. The molecular weight excluding hydrogens is 210 g/mol. The summed E-state index contributed by atoms with van der Waals surface area (Å²) in [6, 6.07) is 0. The van der Waals surface area contributed by atoms with E-state index >= 15 is 0 Å². The summed E-state index contributed by atoms with van der Waals surface area (Å²) >= 11 is 0. The number of piperidine rings is 1. The van der Waals surface area contributed by atoms with Gasteiger partial charge in [0.2, 0.25) is 0 Å². The first-order chi connectivity index (χ1) is 7.53. The Morgan fingerprint density at radius 2 is 1.69 bits per heavy atom. The van der Waals surface area contributed by atoms with Gasteiger partial charge in [0, 0.05) is 0 Å². The van der Waals surface area contributed by atoms with Crippen LogP contribution in [0.25, 0.3) is 0 Å². The molecule has 1 saturated heterocycles. The summed E-state index contributed by atoms with van der Waals surface area (Å²) in [5.74, 6) is -2.40. The van der Waals surface area contributed by atoms with E-state index in [2.05, 4.69) is 11.8 Å². The predicted molar refractivity (Wildman–Crippen MR) is 58.3 cm³/mol. The molecule has 0 spiro atoms. The Bertz CT molecular complexity index is 253. The van der Waals surface area contributed by atoms with Crippen molar-refractivity contribution in [3.8, 4) is 0 Å². The molecule has 5 heteroatoms. The Morgan fingerprint density at radius 3 is 2.06 bits per heavy atom. The maximum absolute atomic E-state index is 11.0. The molecule has 2 N–H and O–H groups in total. The minimum atomic E-state index is -1.55. The zero-order valence-corrected chi connectivity index (χ0v) is 9.61. The summed E-state index contributed by atoms with van der Waals surface area (Å²) in [4.78, 5) is 24.2. The molecule has 1 rings (SSSR count). The number of unbranched alkanes of at least 4 members (excludes halogenated alkanes) is 1. The van der Waals surface area contributed by atoms with E-state index in [1.54, 1.807) is 0 Å². The maximum Gasteiger partial charge on any atom is 0.321 e. The summed E-state index contributed by atoms with van der Waals surface area (Å²) < 4.78 is 0. The number of nitrogens with zero attached hydrogens (tertiary/aromatic N) is 1. The van der Waals surface area contributed by atoms with Gasteiger partial charge in [0.05, 0.1) is 0 Å². The standard InChI is InChI=1S/C11H19NO4/c1-2-3-6-12-7-4-11(5-8-12,9(13)14)10(15)16/h2-8H2,1H3,(H,13,14)(H,15,16). The highest BCUT2D eigenvalue weighted by atomic mass is 16.4. The van der Waals surface area contributed by atoms with Crippen LogP contribution >= 0.6 is 0 Å². The second-order valence-corrected chi connectivity index (χ2v) is 4.39. The third-order valence-electron chi connectivity index (χ3n) is 3.36. The lowest BCUT2D eigenvalue weighted by atomic mass is 9.78. The second kappa shape index (κ2) is 5.30. The number of hydrogen-bond donors (Lipinski definition) is 2. The van der Waals surface area contributed by atoms with Crippen LogP contribution in [0.1, 0.15) is 32.6 Å². The molecule has 0 aromatic rings. The van der Waals surface area contributed by atoms with Crippen molar-refractivity contribution in [3.63, 3.8) is 0 Å². The second-order valence-electron chi connectivity index (χ2n) is 4.39. The first-order valence-corrected chi connectivity index (χ1v) is 5.72. The molecule has 0 bridgehead atoms. The highest BCUT2D eigenvalue weighted by molar-refractivity contribution is 5.98. The van der Waals surface area contributed by atoms with Crippen LogP contribution in [0.4, 0.5) is 0 Å². The molecule has 5 nitrogen and oxygen atoms in total. The van der Waals surface area contributed by atoms with Crippen LogP contribution in [0, 0.1) is 5.41 Å². The van der Waals surface area contributed by atoms with Gasteiger partial charge in [0.25, 0.3) is 0 Å². The van der Waals surface area contributed by atoms with Gasteiger partial charge in [-0.25, -0.2) is 0 Å². The molecule has 0 atom stereocenters. The Hall–Kier alpha value is -1.10. The smallest absolute Gasteiger partial charge is 0.321 e. The third kappa shape index (κ3) is 2.52. The van der Waals surface area contributed by atoms with Crippen molar-refractivity contribution in [2.45, 2.75) is 32.6 Å². The highest BCUT2D eigenvalue weighted by Crippen LogP contribution is 2.32. The van der Waals surface area contributed by atoms with Crippen LogP contribution in [-0.2, 0) is 9.59 Å². The SMILES string of the molecule is CCCCN1CCC(C(=O)O)(C(=O)O)CC1. The van der Waals surface area contributed by atoms with Crippen molar-refractivity contribution in [2.75, 3.05) is 19.6 Å². The average molecular weight is 229 g/mol. The summed E-state index contributed by atoms with van der Waals surface area (Å²) in [5.41, 5.74) is -1.55. The Kier molecular flexibility index (Phi) is 4.29. The summed E-state index contributed by atoms with van der Waals surface area (Å²) in [7, 11) is 0. The normalized spacial score (nSPS) is 20.6. The molecule has 16 heavy (non-hydrogen) atoms. The van der Waals surface area contributed by atoms with Crippen LogP contribution < -0.4 is 0 Å². The minimum Gasteiger partial charge on any atom is -0.480 e. The predicted octanol–water partition coefficient (Wildman–Crippen LogP) is 1.04. The molecule has 1 aliphatic rings. The van der Waals surface area contributed by atoms with E-state index in [9.17, 15) is 9.59 Å². The van der Waals surface area contributed by atoms with Gasteiger partial charge in [0.15, 0.2) is 5.41 Å². The number of rotatable bonds is 5. The Morgan fingerprint density at radius 1 is 1.19 bits per heavy atom. The monoisotopic (exact) mass is 229 g/mol. The zero-order chi connectivity index (χ0) is 12.2. The lowest BCUT2D eigenvalue weighted by Crippen LogP contribution is -2.49. The first-order valence-electron chi connectivity index (χ1n) is 5.72. The fraction of sp³-hybridized carbons (Fsp3) is 0.818. The van der Waals surface area contributed by atoms with E-state index in [4.69, 9.17) is 10.2 Å². The van der Waals surface area contributed by atoms with Crippen LogP contribution in [0.15, 0.2) is 0 Å². The molecule has 0 aromatic heterocycles. The van der Waals surface area contributed by atoms with Gasteiger partial charge in [-0.15, -0.1) is 0 Å². The van der Waals surface area contributed by atoms with Gasteiger partial charge in [-0.1, -0.05) is 13.3 Å². The molecule has 1 aliphatic heterocycles. The molecule has 0 amide bonds. The van der Waals surface area contributed by atoms with Gasteiger partial charge in [-0.2, -0.15) is 0 Å². The van der Waals surface area contributed by atoms with E-state index in [0.29, 0.717) is 13.1 Å². The molecule has 1 heterocycles. The largest absolute Gasteiger partial charge is 0.480 e. The van der Waals surface area contributed by atoms with Crippen LogP contribution in [0.3, 0.4) is 0 Å². The van der Waals surface area contributed by atoms with E-state index < -0.39 is 17.4 Å². The third-order valence-corrected chi connectivity index (χ3v) is 3.36.